The largest absolute Gasteiger partial charge is 0.480 e. The SMILES string of the molecule is CC(C)[C@H](NC(=O)c1csc(Br)c1)C(=O)O. The van der Waals surface area contributed by atoms with Gasteiger partial charge >= 0.3 is 5.97 Å². The summed E-state index contributed by atoms with van der Waals surface area (Å²) in [6.45, 7) is 3.51. The number of hydrogen-bond acceptors (Lipinski definition) is 3. The van der Waals surface area contributed by atoms with Crippen molar-refractivity contribution in [3.63, 3.8) is 0 Å². The molecule has 1 aromatic heterocycles. The topological polar surface area (TPSA) is 66.4 Å². The summed E-state index contributed by atoms with van der Waals surface area (Å²) >= 11 is 4.63. The quantitative estimate of drug-likeness (QED) is 0.897. The Kier molecular flexibility index (Phi) is 4.49. The summed E-state index contributed by atoms with van der Waals surface area (Å²) in [6, 6.07) is 0.811. The van der Waals surface area contributed by atoms with Crippen LogP contribution in [-0.2, 0) is 4.79 Å². The summed E-state index contributed by atoms with van der Waals surface area (Å²) in [5.74, 6) is -1.52. The number of carboxylic acid groups (broad SMARTS) is 1. The highest BCUT2D eigenvalue weighted by molar-refractivity contribution is 9.11. The van der Waals surface area contributed by atoms with Gasteiger partial charge in [0.2, 0.25) is 0 Å². The van der Waals surface area contributed by atoms with E-state index in [1.807, 2.05) is 0 Å². The molecule has 6 heteroatoms. The Bertz CT molecular complexity index is 403. The molecule has 1 amide bonds. The van der Waals surface area contributed by atoms with E-state index in [0.717, 1.165) is 3.79 Å². The van der Waals surface area contributed by atoms with Crippen molar-refractivity contribution in [2.75, 3.05) is 0 Å². The van der Waals surface area contributed by atoms with Crippen LogP contribution in [-0.4, -0.2) is 23.0 Å². The Hall–Kier alpha value is -0.880. The zero-order valence-electron chi connectivity index (χ0n) is 8.86. The van der Waals surface area contributed by atoms with E-state index in [9.17, 15) is 9.59 Å². The van der Waals surface area contributed by atoms with E-state index in [1.54, 1.807) is 25.3 Å². The zero-order chi connectivity index (χ0) is 12.3. The van der Waals surface area contributed by atoms with Gasteiger partial charge in [-0.2, -0.15) is 0 Å². The van der Waals surface area contributed by atoms with Crippen LogP contribution in [0.5, 0.6) is 0 Å². The summed E-state index contributed by atoms with van der Waals surface area (Å²) < 4.78 is 0.842. The molecular formula is C10H12BrNO3S. The molecule has 4 nitrogen and oxygen atoms in total. The highest BCUT2D eigenvalue weighted by atomic mass is 79.9. The second kappa shape index (κ2) is 5.45. The first-order valence-corrected chi connectivity index (χ1v) is 6.36. The number of thiophene rings is 1. The van der Waals surface area contributed by atoms with E-state index in [0.29, 0.717) is 5.56 Å². The number of carboxylic acids is 1. The predicted molar refractivity (Wildman–Crippen MR) is 65.7 cm³/mol. The van der Waals surface area contributed by atoms with Gasteiger partial charge in [0.25, 0.3) is 5.91 Å². The lowest BCUT2D eigenvalue weighted by atomic mass is 10.0. The Labute approximate surface area is 106 Å². The minimum atomic E-state index is -1.02. The predicted octanol–water partition coefficient (Wildman–Crippen LogP) is 2.35. The number of carbonyl (C=O) groups is 2. The summed E-state index contributed by atoms with van der Waals surface area (Å²) in [5, 5.41) is 13.1. The van der Waals surface area contributed by atoms with Gasteiger partial charge in [0.1, 0.15) is 6.04 Å². The third-order valence-electron chi connectivity index (χ3n) is 2.05. The number of aliphatic carboxylic acids is 1. The molecule has 16 heavy (non-hydrogen) atoms. The van der Waals surface area contributed by atoms with Gasteiger partial charge in [-0.25, -0.2) is 4.79 Å². The smallest absolute Gasteiger partial charge is 0.326 e. The van der Waals surface area contributed by atoms with Gasteiger partial charge < -0.3 is 10.4 Å². The van der Waals surface area contributed by atoms with E-state index in [2.05, 4.69) is 21.2 Å². The number of halogens is 1. The molecule has 0 fully saturated rings. The minimum Gasteiger partial charge on any atom is -0.480 e. The Balaban J connectivity index is 2.73. The molecule has 0 saturated heterocycles. The molecule has 0 unspecified atom stereocenters. The number of amides is 1. The van der Waals surface area contributed by atoms with Gasteiger partial charge in [-0.05, 0) is 27.9 Å². The lowest BCUT2D eigenvalue weighted by Crippen LogP contribution is -2.44. The molecule has 2 N–H and O–H groups in total. The molecule has 88 valence electrons. The van der Waals surface area contributed by atoms with Gasteiger partial charge in [0.15, 0.2) is 0 Å². The van der Waals surface area contributed by atoms with E-state index >= 15 is 0 Å². The van der Waals surface area contributed by atoms with Crippen LogP contribution < -0.4 is 5.32 Å². The highest BCUT2D eigenvalue weighted by Gasteiger charge is 2.24. The van der Waals surface area contributed by atoms with Gasteiger partial charge in [-0.3, -0.25) is 4.79 Å². The number of carbonyl (C=O) groups excluding carboxylic acids is 1. The van der Waals surface area contributed by atoms with Crippen LogP contribution in [0.2, 0.25) is 0 Å². The maximum Gasteiger partial charge on any atom is 0.326 e. The van der Waals surface area contributed by atoms with Crippen molar-refractivity contribution in [2.24, 2.45) is 5.92 Å². The lowest BCUT2D eigenvalue weighted by Gasteiger charge is -2.17. The van der Waals surface area contributed by atoms with Crippen LogP contribution in [0.15, 0.2) is 15.2 Å². The van der Waals surface area contributed by atoms with Crippen molar-refractivity contribution in [3.8, 4) is 0 Å². The molecule has 0 bridgehead atoms. The fourth-order valence-electron chi connectivity index (χ4n) is 1.17. The Morgan fingerprint density at radius 3 is 2.50 bits per heavy atom. The van der Waals surface area contributed by atoms with Crippen LogP contribution in [0.3, 0.4) is 0 Å². The monoisotopic (exact) mass is 305 g/mol. The molecule has 1 atom stereocenters. The fraction of sp³-hybridized carbons (Fsp3) is 0.400. The fourth-order valence-corrected chi connectivity index (χ4v) is 2.30. The number of rotatable bonds is 4. The molecule has 0 aliphatic carbocycles. The van der Waals surface area contributed by atoms with Crippen molar-refractivity contribution >= 4 is 39.1 Å². The summed E-state index contributed by atoms with van der Waals surface area (Å²) in [4.78, 5) is 22.6. The average molecular weight is 306 g/mol. The zero-order valence-corrected chi connectivity index (χ0v) is 11.3. The maximum absolute atomic E-state index is 11.7. The molecule has 0 saturated carbocycles. The van der Waals surface area contributed by atoms with Crippen LogP contribution in [0.4, 0.5) is 0 Å². The molecule has 1 heterocycles. The first-order chi connectivity index (χ1) is 7.41. The van der Waals surface area contributed by atoms with Gasteiger partial charge in [0.05, 0.1) is 9.35 Å². The van der Waals surface area contributed by atoms with E-state index in [1.165, 1.54) is 11.3 Å². The van der Waals surface area contributed by atoms with Crippen LogP contribution in [0.1, 0.15) is 24.2 Å². The van der Waals surface area contributed by atoms with Crippen molar-refractivity contribution in [3.05, 3.63) is 20.8 Å². The summed E-state index contributed by atoms with van der Waals surface area (Å²) in [6.07, 6.45) is 0. The normalized spacial score (nSPS) is 12.5. The Morgan fingerprint density at radius 2 is 2.12 bits per heavy atom. The first kappa shape index (κ1) is 13.2. The van der Waals surface area contributed by atoms with Crippen LogP contribution >= 0.6 is 27.3 Å². The lowest BCUT2D eigenvalue weighted by molar-refractivity contribution is -0.140. The number of nitrogens with one attached hydrogen (secondary N) is 1. The standard InChI is InChI=1S/C10H12BrNO3S/c1-5(2)8(10(14)15)12-9(13)6-3-7(11)16-4-6/h3-5,8H,1-2H3,(H,12,13)(H,14,15)/t8-/m0/s1. The minimum absolute atomic E-state index is 0.150. The van der Waals surface area contributed by atoms with E-state index in [4.69, 9.17) is 5.11 Å². The first-order valence-electron chi connectivity index (χ1n) is 4.69. The third-order valence-corrected chi connectivity index (χ3v) is 3.55. The second-order valence-electron chi connectivity index (χ2n) is 3.67. The maximum atomic E-state index is 11.7. The molecule has 0 aliphatic heterocycles. The van der Waals surface area contributed by atoms with Gasteiger partial charge in [-0.1, -0.05) is 13.8 Å². The van der Waals surface area contributed by atoms with Crippen molar-refractivity contribution in [1.82, 2.24) is 5.32 Å². The Morgan fingerprint density at radius 1 is 1.50 bits per heavy atom. The highest BCUT2D eigenvalue weighted by Crippen LogP contribution is 2.20. The van der Waals surface area contributed by atoms with Gasteiger partial charge in [0, 0.05) is 5.38 Å². The van der Waals surface area contributed by atoms with Crippen molar-refractivity contribution < 1.29 is 14.7 Å². The van der Waals surface area contributed by atoms with Crippen LogP contribution in [0.25, 0.3) is 0 Å². The van der Waals surface area contributed by atoms with Gasteiger partial charge in [-0.15, -0.1) is 11.3 Å². The molecule has 0 aliphatic rings. The second-order valence-corrected chi connectivity index (χ2v) is 5.96. The van der Waals surface area contributed by atoms with Crippen LogP contribution in [0, 0.1) is 5.92 Å². The molecule has 0 spiro atoms. The van der Waals surface area contributed by atoms with Crippen molar-refractivity contribution in [1.29, 1.82) is 0 Å². The molecule has 1 aromatic rings. The molecular weight excluding hydrogens is 294 g/mol. The average Bonchev–Trinajstić information content (AvgIpc) is 2.59. The molecule has 1 rings (SSSR count). The summed E-state index contributed by atoms with van der Waals surface area (Å²) in [5.41, 5.74) is 0.476. The summed E-state index contributed by atoms with van der Waals surface area (Å²) in [7, 11) is 0. The number of hydrogen-bond donors (Lipinski definition) is 2. The van der Waals surface area contributed by atoms with E-state index in [-0.39, 0.29) is 11.8 Å². The molecule has 0 aromatic carbocycles. The third kappa shape index (κ3) is 3.31. The van der Waals surface area contributed by atoms with E-state index < -0.39 is 12.0 Å². The molecule has 0 radical (unpaired) electrons. The van der Waals surface area contributed by atoms with Crippen molar-refractivity contribution in [2.45, 2.75) is 19.9 Å².